The van der Waals surface area contributed by atoms with Crippen molar-refractivity contribution in [2.75, 3.05) is 19.3 Å². The Hall–Kier alpha value is -1.99. The van der Waals surface area contributed by atoms with Crippen LogP contribution in [0.15, 0.2) is 30.7 Å². The molecule has 6 nitrogen and oxygen atoms in total. The summed E-state index contributed by atoms with van der Waals surface area (Å²) in [6.45, 7) is 1.12. The smallest absolute Gasteiger partial charge is 0.211 e. The number of nitrogens with zero attached hydrogens (tertiary/aromatic N) is 3. The van der Waals surface area contributed by atoms with Crippen LogP contribution in [0, 0.1) is 0 Å². The van der Waals surface area contributed by atoms with E-state index in [1.165, 1.54) is 11.8 Å². The first kappa shape index (κ1) is 13.7. The summed E-state index contributed by atoms with van der Waals surface area (Å²) in [7, 11) is -3.13. The third kappa shape index (κ3) is 2.08. The lowest BCUT2D eigenvalue weighted by Crippen LogP contribution is -2.27. The second-order valence-electron chi connectivity index (χ2n) is 5.77. The largest absolute Gasteiger partial charge is 0.360 e. The van der Waals surface area contributed by atoms with Gasteiger partial charge in [0.1, 0.15) is 0 Å². The molecule has 1 unspecified atom stereocenters. The number of aromatic amines is 1. The summed E-state index contributed by atoms with van der Waals surface area (Å²) < 4.78 is 25.0. The van der Waals surface area contributed by atoms with Crippen LogP contribution in [-0.2, 0) is 10.0 Å². The van der Waals surface area contributed by atoms with Gasteiger partial charge >= 0.3 is 0 Å². The first-order valence-electron chi connectivity index (χ1n) is 7.20. The molecule has 1 aliphatic heterocycles. The minimum Gasteiger partial charge on any atom is -0.360 e. The van der Waals surface area contributed by atoms with E-state index in [1.807, 2.05) is 18.3 Å². The Bertz CT molecular complexity index is 964. The third-order valence-electron chi connectivity index (χ3n) is 4.38. The minimum absolute atomic E-state index is 0.201. The van der Waals surface area contributed by atoms with Gasteiger partial charge in [0.2, 0.25) is 10.0 Å². The number of hydrogen-bond donors (Lipinski definition) is 1. The van der Waals surface area contributed by atoms with E-state index in [9.17, 15) is 8.42 Å². The highest BCUT2D eigenvalue weighted by Gasteiger charge is 2.30. The Balaban J connectivity index is 1.87. The van der Waals surface area contributed by atoms with Crippen molar-refractivity contribution in [3.05, 3.63) is 36.3 Å². The number of H-pyrrole nitrogens is 1. The number of pyridine rings is 2. The van der Waals surface area contributed by atoms with Crippen LogP contribution in [0.25, 0.3) is 21.9 Å². The molecular formula is C15H16N4O2S. The van der Waals surface area contributed by atoms with Gasteiger partial charge in [-0.25, -0.2) is 22.7 Å². The van der Waals surface area contributed by atoms with Gasteiger partial charge in [0.15, 0.2) is 5.65 Å². The highest BCUT2D eigenvalue weighted by atomic mass is 32.2. The molecule has 3 aromatic rings. The number of aromatic nitrogens is 3. The fraction of sp³-hybridized carbons (Fsp3) is 0.333. The highest BCUT2D eigenvalue weighted by molar-refractivity contribution is 7.88. The average Bonchev–Trinajstić information content (AvgIpc) is 3.15. The molecule has 1 atom stereocenters. The summed E-state index contributed by atoms with van der Waals surface area (Å²) in [6, 6.07) is 4.01. The Morgan fingerprint density at radius 2 is 2.18 bits per heavy atom. The van der Waals surface area contributed by atoms with Crippen LogP contribution in [0.5, 0.6) is 0 Å². The number of hydrogen-bond acceptors (Lipinski definition) is 4. The zero-order valence-corrected chi connectivity index (χ0v) is 13.0. The highest BCUT2D eigenvalue weighted by Crippen LogP contribution is 2.35. The van der Waals surface area contributed by atoms with Crippen molar-refractivity contribution in [1.82, 2.24) is 19.3 Å². The first-order chi connectivity index (χ1) is 10.5. The molecule has 0 spiro atoms. The van der Waals surface area contributed by atoms with Gasteiger partial charge < -0.3 is 4.98 Å². The summed E-state index contributed by atoms with van der Waals surface area (Å²) >= 11 is 0. The second-order valence-corrected chi connectivity index (χ2v) is 7.75. The summed E-state index contributed by atoms with van der Waals surface area (Å²) in [5, 5.41) is 2.12. The van der Waals surface area contributed by atoms with Gasteiger partial charge in [-0.05, 0) is 30.0 Å². The Morgan fingerprint density at radius 3 is 2.95 bits per heavy atom. The molecule has 1 N–H and O–H groups in total. The number of rotatable bonds is 2. The fourth-order valence-corrected chi connectivity index (χ4v) is 4.20. The van der Waals surface area contributed by atoms with Crippen molar-refractivity contribution < 1.29 is 8.42 Å². The van der Waals surface area contributed by atoms with Crippen LogP contribution >= 0.6 is 0 Å². The van der Waals surface area contributed by atoms with Crippen molar-refractivity contribution in [2.45, 2.75) is 12.3 Å². The maximum Gasteiger partial charge on any atom is 0.211 e. The van der Waals surface area contributed by atoms with Crippen molar-refractivity contribution in [3.63, 3.8) is 0 Å². The molecule has 1 saturated heterocycles. The molecule has 0 radical (unpaired) electrons. The molecule has 3 aromatic heterocycles. The van der Waals surface area contributed by atoms with E-state index in [4.69, 9.17) is 0 Å². The van der Waals surface area contributed by atoms with E-state index in [2.05, 4.69) is 15.0 Å². The lowest BCUT2D eigenvalue weighted by molar-refractivity contribution is 0.478. The van der Waals surface area contributed by atoms with Crippen LogP contribution in [0.1, 0.15) is 17.9 Å². The van der Waals surface area contributed by atoms with E-state index in [-0.39, 0.29) is 5.92 Å². The fourth-order valence-electron chi connectivity index (χ4n) is 3.31. The van der Waals surface area contributed by atoms with Crippen LogP contribution in [0.4, 0.5) is 0 Å². The summed E-state index contributed by atoms with van der Waals surface area (Å²) in [6.07, 6.45) is 7.55. The van der Waals surface area contributed by atoms with Gasteiger partial charge in [-0.1, -0.05) is 0 Å². The van der Waals surface area contributed by atoms with Gasteiger partial charge in [-0.3, -0.25) is 0 Å². The molecule has 1 fully saturated rings. The van der Waals surface area contributed by atoms with E-state index < -0.39 is 10.0 Å². The average molecular weight is 316 g/mol. The van der Waals surface area contributed by atoms with Crippen LogP contribution in [0.2, 0.25) is 0 Å². The zero-order chi connectivity index (χ0) is 15.3. The Labute approximate surface area is 128 Å². The van der Waals surface area contributed by atoms with E-state index in [0.717, 1.165) is 28.4 Å². The maximum absolute atomic E-state index is 11.7. The zero-order valence-electron chi connectivity index (χ0n) is 12.2. The first-order valence-corrected chi connectivity index (χ1v) is 9.05. The van der Waals surface area contributed by atoms with E-state index in [0.29, 0.717) is 13.1 Å². The minimum atomic E-state index is -3.13. The number of sulfonamides is 1. The number of fused-ring (bicyclic) bond motifs is 3. The summed E-state index contributed by atoms with van der Waals surface area (Å²) in [5.41, 5.74) is 2.85. The summed E-state index contributed by atoms with van der Waals surface area (Å²) in [4.78, 5) is 11.8. The third-order valence-corrected chi connectivity index (χ3v) is 5.65. The molecule has 22 heavy (non-hydrogen) atoms. The monoisotopic (exact) mass is 316 g/mol. The maximum atomic E-state index is 11.7. The normalized spacial score (nSPS) is 20.1. The lowest BCUT2D eigenvalue weighted by Gasteiger charge is -2.15. The van der Waals surface area contributed by atoms with Crippen molar-refractivity contribution in [1.29, 1.82) is 0 Å². The molecule has 7 heteroatoms. The predicted molar refractivity (Wildman–Crippen MR) is 85.2 cm³/mol. The quantitative estimate of drug-likeness (QED) is 0.782. The predicted octanol–water partition coefficient (Wildman–Crippen LogP) is 1.86. The van der Waals surface area contributed by atoms with Gasteiger partial charge in [0.05, 0.1) is 18.0 Å². The van der Waals surface area contributed by atoms with E-state index in [1.54, 1.807) is 16.7 Å². The Kier molecular flexibility index (Phi) is 2.95. The van der Waals surface area contributed by atoms with Crippen LogP contribution < -0.4 is 0 Å². The summed E-state index contributed by atoms with van der Waals surface area (Å²) in [5.74, 6) is 0.201. The van der Waals surface area contributed by atoms with Gasteiger partial charge in [-0.2, -0.15) is 0 Å². The molecular weight excluding hydrogens is 300 g/mol. The SMILES string of the molecule is CS(=O)(=O)N1CCC(c2cc[nH]c3cnc4nccc4c23)C1. The molecule has 0 aliphatic carbocycles. The molecule has 4 heterocycles. The number of nitrogens with one attached hydrogen (secondary N) is 1. The molecule has 114 valence electrons. The molecule has 0 amide bonds. The topological polar surface area (TPSA) is 79.0 Å². The molecule has 1 aliphatic rings. The lowest BCUT2D eigenvalue weighted by atomic mass is 9.94. The molecule has 4 rings (SSSR count). The molecule has 0 bridgehead atoms. The van der Waals surface area contributed by atoms with Crippen molar-refractivity contribution in [3.8, 4) is 0 Å². The van der Waals surface area contributed by atoms with Gasteiger partial charge in [-0.15, -0.1) is 0 Å². The van der Waals surface area contributed by atoms with Gasteiger partial charge in [0.25, 0.3) is 0 Å². The Morgan fingerprint density at radius 1 is 1.32 bits per heavy atom. The van der Waals surface area contributed by atoms with E-state index >= 15 is 0 Å². The molecule has 0 saturated carbocycles. The van der Waals surface area contributed by atoms with Crippen LogP contribution in [0.3, 0.4) is 0 Å². The molecule has 0 aromatic carbocycles. The van der Waals surface area contributed by atoms with Crippen molar-refractivity contribution >= 4 is 32.0 Å². The van der Waals surface area contributed by atoms with Crippen LogP contribution in [-0.4, -0.2) is 47.0 Å². The van der Waals surface area contributed by atoms with Gasteiger partial charge in [0, 0.05) is 36.3 Å². The van der Waals surface area contributed by atoms with Crippen molar-refractivity contribution in [2.24, 2.45) is 0 Å². The standard InChI is InChI=1S/C15H16N4O2S/c1-22(20,21)19-7-4-10(9-19)11-2-5-16-13-8-18-15-12(14(11)13)3-6-17-15/h2-3,5-6,8,10,16H,4,7,9H2,1H3. The second kappa shape index (κ2) is 4.76.